The number of aliphatic carboxylic acids is 1. The number of hydrogen-bond acceptors (Lipinski definition) is 4. The van der Waals surface area contributed by atoms with Crippen molar-refractivity contribution < 1.29 is 24.3 Å². The van der Waals surface area contributed by atoms with Crippen LogP contribution in [-0.4, -0.2) is 36.0 Å². The highest BCUT2D eigenvalue weighted by atomic mass is 16.7. The first-order chi connectivity index (χ1) is 8.00. The summed E-state index contributed by atoms with van der Waals surface area (Å²) in [5.41, 5.74) is 1.97. The molecule has 17 heavy (non-hydrogen) atoms. The van der Waals surface area contributed by atoms with Crippen LogP contribution < -0.4 is 10.8 Å². The third-order valence-electron chi connectivity index (χ3n) is 2.48. The summed E-state index contributed by atoms with van der Waals surface area (Å²) in [6.45, 7) is 1.64. The lowest BCUT2D eigenvalue weighted by Gasteiger charge is -2.05. The molecular formula is C10H16N2O5. The summed E-state index contributed by atoms with van der Waals surface area (Å²) in [4.78, 5) is 36.9. The van der Waals surface area contributed by atoms with Crippen molar-refractivity contribution in [1.29, 1.82) is 0 Å². The molecule has 0 aromatic heterocycles. The van der Waals surface area contributed by atoms with Gasteiger partial charge in [0.2, 0.25) is 11.8 Å². The van der Waals surface area contributed by atoms with E-state index in [-0.39, 0.29) is 24.8 Å². The maximum Gasteiger partial charge on any atom is 0.332 e. The van der Waals surface area contributed by atoms with Gasteiger partial charge in [0, 0.05) is 18.9 Å². The van der Waals surface area contributed by atoms with Crippen molar-refractivity contribution in [2.75, 3.05) is 13.2 Å². The van der Waals surface area contributed by atoms with Crippen molar-refractivity contribution in [2.45, 2.75) is 19.8 Å². The van der Waals surface area contributed by atoms with E-state index in [2.05, 4.69) is 10.2 Å². The molecule has 2 amide bonds. The van der Waals surface area contributed by atoms with Gasteiger partial charge in [-0.2, -0.15) is 0 Å². The highest BCUT2D eigenvalue weighted by Gasteiger charge is 2.38. The van der Waals surface area contributed by atoms with Crippen molar-refractivity contribution in [2.24, 2.45) is 11.8 Å². The number of carbonyl (C=O) groups excluding carboxylic acids is 2. The summed E-state index contributed by atoms with van der Waals surface area (Å²) in [5, 5.41) is 10.9. The Hall–Kier alpha value is -1.63. The standard InChI is InChI=1S/C10H16N2O5/c1-6-4-7(6)10(16)11-3-2-8(13)12-17-5-9(14)15/h6-7H,2-5H2,1H3,(H,11,16)(H,12,13)(H,14,15). The van der Waals surface area contributed by atoms with E-state index in [1.807, 2.05) is 12.4 Å². The Morgan fingerprint density at radius 3 is 2.59 bits per heavy atom. The maximum atomic E-state index is 11.3. The van der Waals surface area contributed by atoms with Crippen LogP contribution in [0.3, 0.4) is 0 Å². The summed E-state index contributed by atoms with van der Waals surface area (Å²) in [6.07, 6.45) is 0.964. The van der Waals surface area contributed by atoms with Crippen LogP contribution in [-0.2, 0) is 19.2 Å². The largest absolute Gasteiger partial charge is 0.479 e. The Morgan fingerprint density at radius 2 is 2.06 bits per heavy atom. The van der Waals surface area contributed by atoms with Crippen molar-refractivity contribution >= 4 is 17.8 Å². The summed E-state index contributed by atoms with van der Waals surface area (Å²) >= 11 is 0. The van der Waals surface area contributed by atoms with Crippen molar-refractivity contribution in [3.63, 3.8) is 0 Å². The fraction of sp³-hybridized carbons (Fsp3) is 0.700. The summed E-state index contributed by atoms with van der Waals surface area (Å²) in [6, 6.07) is 0. The van der Waals surface area contributed by atoms with Gasteiger partial charge in [-0.3, -0.25) is 14.4 Å². The number of rotatable bonds is 7. The number of hydroxylamine groups is 1. The molecule has 2 unspecified atom stereocenters. The number of nitrogens with one attached hydrogen (secondary N) is 2. The first-order valence-electron chi connectivity index (χ1n) is 5.41. The van der Waals surface area contributed by atoms with Crippen LogP contribution in [0.1, 0.15) is 19.8 Å². The molecule has 1 aliphatic carbocycles. The second kappa shape index (κ2) is 6.19. The number of carbonyl (C=O) groups is 3. The molecule has 7 heteroatoms. The lowest BCUT2D eigenvalue weighted by molar-refractivity contribution is -0.149. The molecule has 0 heterocycles. The second-order valence-corrected chi connectivity index (χ2v) is 4.07. The minimum absolute atomic E-state index is 0.0308. The summed E-state index contributed by atoms with van der Waals surface area (Å²) < 4.78 is 0. The molecule has 0 bridgehead atoms. The van der Waals surface area contributed by atoms with E-state index < -0.39 is 18.5 Å². The molecular weight excluding hydrogens is 228 g/mol. The third-order valence-corrected chi connectivity index (χ3v) is 2.48. The molecule has 1 fully saturated rings. The Bertz CT molecular complexity index is 318. The molecule has 0 aromatic carbocycles. The minimum Gasteiger partial charge on any atom is -0.479 e. The van der Waals surface area contributed by atoms with Gasteiger partial charge in [0.1, 0.15) is 0 Å². The molecule has 96 valence electrons. The lowest BCUT2D eigenvalue weighted by Crippen LogP contribution is -2.32. The van der Waals surface area contributed by atoms with Crippen LogP contribution in [0.25, 0.3) is 0 Å². The average molecular weight is 244 g/mol. The van der Waals surface area contributed by atoms with E-state index in [1.165, 1.54) is 0 Å². The predicted molar refractivity (Wildman–Crippen MR) is 56.6 cm³/mol. The normalized spacial score (nSPS) is 21.7. The minimum atomic E-state index is -1.17. The van der Waals surface area contributed by atoms with Crippen LogP contribution >= 0.6 is 0 Å². The number of amides is 2. The van der Waals surface area contributed by atoms with Crippen LogP contribution in [0.4, 0.5) is 0 Å². The first kappa shape index (κ1) is 13.4. The average Bonchev–Trinajstić information content (AvgIpc) is 2.95. The number of hydrogen-bond donors (Lipinski definition) is 3. The molecule has 0 saturated heterocycles. The van der Waals surface area contributed by atoms with Crippen molar-refractivity contribution in [1.82, 2.24) is 10.8 Å². The second-order valence-electron chi connectivity index (χ2n) is 4.07. The van der Waals surface area contributed by atoms with E-state index in [9.17, 15) is 14.4 Å². The van der Waals surface area contributed by atoms with E-state index in [4.69, 9.17) is 5.11 Å². The quantitative estimate of drug-likeness (QED) is 0.513. The molecule has 1 rings (SSSR count). The highest BCUT2D eigenvalue weighted by molar-refractivity contribution is 5.82. The Kier molecular flexibility index (Phi) is 4.89. The Morgan fingerprint density at radius 1 is 1.41 bits per heavy atom. The van der Waals surface area contributed by atoms with Gasteiger partial charge in [-0.15, -0.1) is 0 Å². The Balaban J connectivity index is 2.00. The topological polar surface area (TPSA) is 105 Å². The predicted octanol–water partition coefficient (Wildman–Crippen LogP) is -0.719. The molecule has 7 nitrogen and oxygen atoms in total. The van der Waals surface area contributed by atoms with Gasteiger partial charge in [-0.25, -0.2) is 10.3 Å². The van der Waals surface area contributed by atoms with E-state index in [0.717, 1.165) is 6.42 Å². The zero-order valence-electron chi connectivity index (χ0n) is 9.56. The van der Waals surface area contributed by atoms with Crippen LogP contribution in [0.5, 0.6) is 0 Å². The van der Waals surface area contributed by atoms with Gasteiger partial charge >= 0.3 is 5.97 Å². The van der Waals surface area contributed by atoms with Crippen molar-refractivity contribution in [3.8, 4) is 0 Å². The van der Waals surface area contributed by atoms with Gasteiger partial charge in [0.05, 0.1) is 0 Å². The molecule has 0 spiro atoms. The smallest absolute Gasteiger partial charge is 0.332 e. The van der Waals surface area contributed by atoms with E-state index in [1.54, 1.807) is 0 Å². The maximum absolute atomic E-state index is 11.3. The van der Waals surface area contributed by atoms with E-state index >= 15 is 0 Å². The zero-order valence-corrected chi connectivity index (χ0v) is 9.56. The fourth-order valence-corrected chi connectivity index (χ4v) is 1.35. The van der Waals surface area contributed by atoms with Gasteiger partial charge in [-0.1, -0.05) is 6.92 Å². The molecule has 0 radical (unpaired) electrons. The van der Waals surface area contributed by atoms with Crippen LogP contribution in [0.2, 0.25) is 0 Å². The van der Waals surface area contributed by atoms with Crippen LogP contribution in [0, 0.1) is 11.8 Å². The van der Waals surface area contributed by atoms with E-state index in [0.29, 0.717) is 5.92 Å². The van der Waals surface area contributed by atoms with Gasteiger partial charge in [-0.05, 0) is 12.3 Å². The summed E-state index contributed by atoms with van der Waals surface area (Å²) in [7, 11) is 0. The van der Waals surface area contributed by atoms with Gasteiger partial charge in [0.15, 0.2) is 6.61 Å². The molecule has 2 atom stereocenters. The molecule has 3 N–H and O–H groups in total. The number of carboxylic acids is 1. The molecule has 0 aromatic rings. The first-order valence-corrected chi connectivity index (χ1v) is 5.41. The zero-order chi connectivity index (χ0) is 12.8. The SMILES string of the molecule is CC1CC1C(=O)NCCC(=O)NOCC(=O)O. The Labute approximate surface area is 98.5 Å². The summed E-state index contributed by atoms with van der Waals surface area (Å²) in [5.74, 6) is -1.14. The van der Waals surface area contributed by atoms with Crippen molar-refractivity contribution in [3.05, 3.63) is 0 Å². The molecule has 1 aliphatic rings. The number of carboxylic acid groups (broad SMARTS) is 1. The van der Waals surface area contributed by atoms with Gasteiger partial charge < -0.3 is 10.4 Å². The van der Waals surface area contributed by atoms with Crippen LogP contribution in [0.15, 0.2) is 0 Å². The highest BCUT2D eigenvalue weighted by Crippen LogP contribution is 2.37. The molecule has 0 aliphatic heterocycles. The van der Waals surface area contributed by atoms with Gasteiger partial charge in [0.25, 0.3) is 0 Å². The molecule has 1 saturated carbocycles. The monoisotopic (exact) mass is 244 g/mol. The third kappa shape index (κ3) is 5.30. The lowest BCUT2D eigenvalue weighted by atomic mass is 10.3. The fourth-order valence-electron chi connectivity index (χ4n) is 1.35.